The van der Waals surface area contributed by atoms with Crippen LogP contribution in [0.4, 0.5) is 5.69 Å². The molecule has 1 amide bonds. The molecule has 1 aliphatic heterocycles. The van der Waals surface area contributed by atoms with E-state index in [1.54, 1.807) is 13.2 Å². The van der Waals surface area contributed by atoms with Gasteiger partial charge in [0.2, 0.25) is 0 Å². The normalized spacial score (nSPS) is 17.0. The minimum Gasteiger partial charge on any atom is -0.377 e. The number of hydrogen-bond donors (Lipinski definition) is 1. The summed E-state index contributed by atoms with van der Waals surface area (Å²) in [4.78, 5) is 14.4. The lowest BCUT2D eigenvalue weighted by Gasteiger charge is -2.33. The third-order valence-electron chi connectivity index (χ3n) is 4.07. The number of amides is 1. The molecule has 1 aromatic carbocycles. The minimum absolute atomic E-state index is 0.211. The Labute approximate surface area is 135 Å². The Bertz CT molecular complexity index is 683. The molecule has 1 N–H and O–H groups in total. The highest BCUT2D eigenvalue weighted by Gasteiger charge is 2.23. The number of anilines is 1. The first kappa shape index (κ1) is 15.6. The van der Waals surface area contributed by atoms with Crippen molar-refractivity contribution in [1.29, 1.82) is 0 Å². The molecule has 0 bridgehead atoms. The molecule has 23 heavy (non-hydrogen) atoms. The summed E-state index contributed by atoms with van der Waals surface area (Å²) in [6, 6.07) is 10.0. The number of nitrogens with zero attached hydrogens (tertiary/aromatic N) is 2. The zero-order valence-electron chi connectivity index (χ0n) is 13.4. The smallest absolute Gasteiger partial charge is 0.273 e. The highest BCUT2D eigenvalue weighted by Crippen LogP contribution is 2.27. The third kappa shape index (κ3) is 3.53. The standard InChI is InChI=1S/C17H21N3O3/c1-20-10-12(7-13-5-3-4-6-16(13)20)9-18-17(21)15-8-14(11-22-2)23-19-15/h3-6,8,12H,7,9-11H2,1-2H3,(H,18,21). The maximum absolute atomic E-state index is 12.1. The Morgan fingerprint density at radius 2 is 2.30 bits per heavy atom. The maximum atomic E-state index is 12.1. The van der Waals surface area contributed by atoms with Gasteiger partial charge in [-0.25, -0.2) is 0 Å². The monoisotopic (exact) mass is 315 g/mol. The number of benzene rings is 1. The molecule has 6 heteroatoms. The van der Waals surface area contributed by atoms with Crippen LogP contribution in [0.15, 0.2) is 34.9 Å². The molecule has 0 radical (unpaired) electrons. The van der Waals surface area contributed by atoms with E-state index < -0.39 is 0 Å². The van der Waals surface area contributed by atoms with Crippen LogP contribution in [0, 0.1) is 5.92 Å². The molecule has 0 saturated carbocycles. The van der Waals surface area contributed by atoms with Crippen LogP contribution in [-0.4, -0.2) is 38.3 Å². The fourth-order valence-corrected chi connectivity index (χ4v) is 3.01. The van der Waals surface area contributed by atoms with Crippen LogP contribution in [0.2, 0.25) is 0 Å². The average Bonchev–Trinajstić information content (AvgIpc) is 3.02. The molecule has 6 nitrogen and oxygen atoms in total. The molecule has 122 valence electrons. The number of para-hydroxylation sites is 1. The number of hydrogen-bond acceptors (Lipinski definition) is 5. The second-order valence-electron chi connectivity index (χ2n) is 5.90. The Morgan fingerprint density at radius 3 is 3.13 bits per heavy atom. The van der Waals surface area contributed by atoms with Crippen LogP contribution >= 0.6 is 0 Å². The number of ether oxygens (including phenoxy) is 1. The summed E-state index contributed by atoms with van der Waals surface area (Å²) in [5, 5.41) is 6.72. The zero-order valence-corrected chi connectivity index (χ0v) is 13.4. The summed E-state index contributed by atoms with van der Waals surface area (Å²) in [5.74, 6) is 0.714. The topological polar surface area (TPSA) is 67.6 Å². The van der Waals surface area contributed by atoms with Crippen molar-refractivity contribution in [2.75, 3.05) is 32.1 Å². The van der Waals surface area contributed by atoms with Gasteiger partial charge in [0.15, 0.2) is 11.5 Å². The number of aromatic nitrogens is 1. The highest BCUT2D eigenvalue weighted by molar-refractivity contribution is 5.92. The second-order valence-corrected chi connectivity index (χ2v) is 5.90. The molecule has 2 heterocycles. The van der Waals surface area contributed by atoms with Gasteiger partial charge in [0.05, 0.1) is 0 Å². The quantitative estimate of drug-likeness (QED) is 0.912. The van der Waals surface area contributed by atoms with E-state index in [-0.39, 0.29) is 5.91 Å². The van der Waals surface area contributed by atoms with E-state index in [0.717, 1.165) is 13.0 Å². The van der Waals surface area contributed by atoms with Crippen molar-refractivity contribution in [1.82, 2.24) is 10.5 Å². The molecule has 1 aromatic heterocycles. The molecule has 0 saturated heterocycles. The minimum atomic E-state index is -0.211. The third-order valence-corrected chi connectivity index (χ3v) is 4.07. The van der Waals surface area contributed by atoms with Gasteiger partial charge in [-0.2, -0.15) is 0 Å². The van der Waals surface area contributed by atoms with E-state index >= 15 is 0 Å². The Morgan fingerprint density at radius 1 is 1.48 bits per heavy atom. The molecule has 1 unspecified atom stereocenters. The molecule has 0 fully saturated rings. The van der Waals surface area contributed by atoms with Gasteiger partial charge in [-0.1, -0.05) is 23.4 Å². The van der Waals surface area contributed by atoms with Crippen LogP contribution in [-0.2, 0) is 17.8 Å². The van der Waals surface area contributed by atoms with Gasteiger partial charge < -0.3 is 19.5 Å². The molecule has 0 aliphatic carbocycles. The van der Waals surface area contributed by atoms with Crippen molar-refractivity contribution in [3.63, 3.8) is 0 Å². The largest absolute Gasteiger partial charge is 0.377 e. The summed E-state index contributed by atoms with van der Waals surface area (Å²) in [7, 11) is 3.65. The van der Waals surface area contributed by atoms with Gasteiger partial charge in [0, 0.05) is 39.0 Å². The van der Waals surface area contributed by atoms with E-state index in [9.17, 15) is 4.79 Å². The average molecular weight is 315 g/mol. The van der Waals surface area contributed by atoms with Gasteiger partial charge in [0.25, 0.3) is 5.91 Å². The Kier molecular flexibility index (Phi) is 4.62. The van der Waals surface area contributed by atoms with Crippen LogP contribution in [0.25, 0.3) is 0 Å². The first-order valence-electron chi connectivity index (χ1n) is 7.69. The van der Waals surface area contributed by atoms with Crippen molar-refractivity contribution in [3.8, 4) is 0 Å². The van der Waals surface area contributed by atoms with Crippen molar-refractivity contribution < 1.29 is 14.1 Å². The number of nitrogens with one attached hydrogen (secondary N) is 1. The zero-order chi connectivity index (χ0) is 16.2. The van der Waals surface area contributed by atoms with Crippen molar-refractivity contribution >= 4 is 11.6 Å². The number of fused-ring (bicyclic) bond motifs is 1. The molecule has 1 aliphatic rings. The van der Waals surface area contributed by atoms with Crippen LogP contribution < -0.4 is 10.2 Å². The summed E-state index contributed by atoms with van der Waals surface area (Å²) in [6.07, 6.45) is 0.967. The van der Waals surface area contributed by atoms with Gasteiger partial charge >= 0.3 is 0 Å². The predicted molar refractivity (Wildman–Crippen MR) is 86.5 cm³/mol. The second kappa shape index (κ2) is 6.83. The van der Waals surface area contributed by atoms with Crippen molar-refractivity contribution in [2.24, 2.45) is 5.92 Å². The van der Waals surface area contributed by atoms with Crippen LogP contribution in [0.1, 0.15) is 21.8 Å². The lowest BCUT2D eigenvalue weighted by Crippen LogP contribution is -2.39. The summed E-state index contributed by atoms with van der Waals surface area (Å²) >= 11 is 0. The maximum Gasteiger partial charge on any atom is 0.273 e. The van der Waals surface area contributed by atoms with Crippen molar-refractivity contribution in [3.05, 3.63) is 47.3 Å². The van der Waals surface area contributed by atoms with Gasteiger partial charge in [-0.15, -0.1) is 0 Å². The van der Waals surface area contributed by atoms with E-state index in [1.165, 1.54) is 11.3 Å². The first-order valence-corrected chi connectivity index (χ1v) is 7.69. The number of carbonyl (C=O) groups excluding carboxylic acids is 1. The number of rotatable bonds is 5. The Hall–Kier alpha value is -2.34. The fourth-order valence-electron chi connectivity index (χ4n) is 3.01. The van der Waals surface area contributed by atoms with E-state index in [4.69, 9.17) is 9.26 Å². The molecule has 3 rings (SSSR count). The van der Waals surface area contributed by atoms with Gasteiger partial charge in [-0.3, -0.25) is 4.79 Å². The Balaban J connectivity index is 1.57. The molecule has 0 spiro atoms. The molecular weight excluding hydrogens is 294 g/mol. The lowest BCUT2D eigenvalue weighted by molar-refractivity contribution is 0.0937. The highest BCUT2D eigenvalue weighted by atomic mass is 16.5. The van der Waals surface area contributed by atoms with E-state index in [0.29, 0.717) is 30.5 Å². The van der Waals surface area contributed by atoms with Gasteiger partial charge in [-0.05, 0) is 24.0 Å². The number of methoxy groups -OCH3 is 1. The SMILES string of the molecule is COCc1cc(C(=O)NCC2Cc3ccccc3N(C)C2)no1. The van der Waals surface area contributed by atoms with Gasteiger partial charge in [0.1, 0.15) is 6.61 Å². The predicted octanol–water partition coefficient (Wildman–Crippen LogP) is 1.86. The molecule has 2 aromatic rings. The summed E-state index contributed by atoms with van der Waals surface area (Å²) in [5.41, 5.74) is 2.89. The summed E-state index contributed by atoms with van der Waals surface area (Å²) in [6.45, 7) is 1.85. The number of carbonyl (C=O) groups is 1. The van der Waals surface area contributed by atoms with E-state index in [1.807, 2.05) is 0 Å². The molecule has 1 atom stereocenters. The van der Waals surface area contributed by atoms with E-state index in [2.05, 4.69) is 46.7 Å². The van der Waals surface area contributed by atoms with Crippen LogP contribution in [0.5, 0.6) is 0 Å². The fraction of sp³-hybridized carbons (Fsp3) is 0.412. The van der Waals surface area contributed by atoms with Crippen molar-refractivity contribution in [2.45, 2.75) is 13.0 Å². The molecular formula is C17H21N3O3. The first-order chi connectivity index (χ1) is 11.2. The lowest BCUT2D eigenvalue weighted by atomic mass is 9.93. The van der Waals surface area contributed by atoms with Crippen LogP contribution in [0.3, 0.4) is 0 Å². The summed E-state index contributed by atoms with van der Waals surface area (Å²) < 4.78 is 9.99.